The van der Waals surface area contributed by atoms with E-state index >= 15 is 0 Å². The Morgan fingerprint density at radius 3 is 2.72 bits per heavy atom. The first-order chi connectivity index (χ1) is 17.5. The third-order valence-corrected chi connectivity index (χ3v) is 5.56. The normalized spacial score (nSPS) is 11.6. The molecule has 2 aromatic carbocycles. The number of nitrogens with zero attached hydrogens (tertiary/aromatic N) is 3. The van der Waals surface area contributed by atoms with Gasteiger partial charge in [-0.05, 0) is 48.9 Å². The van der Waals surface area contributed by atoms with E-state index in [1.807, 2.05) is 36.4 Å². The molecular formula is C26H26ClN5O4. The Morgan fingerprint density at radius 2 is 1.94 bits per heavy atom. The van der Waals surface area contributed by atoms with Gasteiger partial charge in [-0.2, -0.15) is 0 Å². The molecule has 0 aliphatic carbocycles. The molecule has 36 heavy (non-hydrogen) atoms. The lowest BCUT2D eigenvalue weighted by Crippen LogP contribution is -2.36. The first-order valence-corrected chi connectivity index (χ1v) is 11.8. The van der Waals surface area contributed by atoms with Crippen LogP contribution in [0.2, 0.25) is 5.02 Å². The predicted octanol–water partition coefficient (Wildman–Crippen LogP) is 4.27. The summed E-state index contributed by atoms with van der Waals surface area (Å²) in [6.45, 7) is 2.51. The van der Waals surface area contributed by atoms with E-state index in [2.05, 4.69) is 25.6 Å². The number of benzene rings is 2. The van der Waals surface area contributed by atoms with Crippen LogP contribution in [0.1, 0.15) is 19.0 Å². The molecule has 1 atom stereocenters. The highest BCUT2D eigenvalue weighted by Gasteiger charge is 2.13. The number of hydrogen-bond donors (Lipinski definition) is 3. The van der Waals surface area contributed by atoms with Gasteiger partial charge in [0.15, 0.2) is 0 Å². The standard InChI is InChI=1S/C26H26ClN5O4/c1-2-21(33)26(34)29-12-13-35-23-8-5-7-20-24(23)25(31-16-30-20)32-17-9-10-22(19(27)14-17)36-15-18-6-3-4-11-28-18/h3-11,14,16,21,33H,2,12-13,15H2,1H3,(H,29,34)(H,30,31,32). The van der Waals surface area contributed by atoms with Crippen molar-refractivity contribution >= 4 is 39.9 Å². The van der Waals surface area contributed by atoms with E-state index in [9.17, 15) is 9.90 Å². The summed E-state index contributed by atoms with van der Waals surface area (Å²) in [5.74, 6) is 1.22. The fourth-order valence-electron chi connectivity index (χ4n) is 3.40. The number of halogens is 1. The summed E-state index contributed by atoms with van der Waals surface area (Å²) < 4.78 is 11.7. The molecule has 0 aliphatic heterocycles. The first kappa shape index (κ1) is 25.2. The van der Waals surface area contributed by atoms with Crippen molar-refractivity contribution in [3.05, 3.63) is 77.8 Å². The van der Waals surface area contributed by atoms with E-state index < -0.39 is 12.0 Å². The zero-order valence-electron chi connectivity index (χ0n) is 19.6. The van der Waals surface area contributed by atoms with Crippen LogP contribution < -0.4 is 20.1 Å². The summed E-state index contributed by atoms with van der Waals surface area (Å²) in [4.78, 5) is 24.7. The van der Waals surface area contributed by atoms with Gasteiger partial charge in [-0.1, -0.05) is 30.7 Å². The van der Waals surface area contributed by atoms with E-state index in [4.69, 9.17) is 21.1 Å². The number of amides is 1. The molecule has 4 rings (SSSR count). The second-order valence-electron chi connectivity index (χ2n) is 7.82. The molecule has 9 nitrogen and oxygen atoms in total. The summed E-state index contributed by atoms with van der Waals surface area (Å²) in [5.41, 5.74) is 2.20. The Hall–Kier alpha value is -3.95. The van der Waals surface area contributed by atoms with Crippen LogP contribution in [0, 0.1) is 0 Å². The van der Waals surface area contributed by atoms with Crippen molar-refractivity contribution < 1.29 is 19.4 Å². The van der Waals surface area contributed by atoms with Crippen molar-refractivity contribution in [2.24, 2.45) is 0 Å². The summed E-state index contributed by atoms with van der Waals surface area (Å²) in [7, 11) is 0. The Balaban J connectivity index is 1.46. The molecule has 0 saturated heterocycles. The largest absolute Gasteiger partial charge is 0.491 e. The van der Waals surface area contributed by atoms with Crippen molar-refractivity contribution in [2.45, 2.75) is 26.1 Å². The highest BCUT2D eigenvalue weighted by molar-refractivity contribution is 6.32. The molecule has 4 aromatic rings. The summed E-state index contributed by atoms with van der Waals surface area (Å²) in [6, 6.07) is 16.5. The molecular weight excluding hydrogens is 482 g/mol. The van der Waals surface area contributed by atoms with Crippen molar-refractivity contribution in [3.63, 3.8) is 0 Å². The smallest absolute Gasteiger partial charge is 0.248 e. The van der Waals surface area contributed by atoms with Gasteiger partial charge in [0.25, 0.3) is 0 Å². The van der Waals surface area contributed by atoms with E-state index in [-0.39, 0.29) is 13.2 Å². The molecule has 2 heterocycles. The average Bonchev–Trinajstić information content (AvgIpc) is 2.90. The van der Waals surface area contributed by atoms with Crippen LogP contribution in [0.4, 0.5) is 11.5 Å². The summed E-state index contributed by atoms with van der Waals surface area (Å²) >= 11 is 6.46. The number of nitrogens with one attached hydrogen (secondary N) is 2. The fourth-order valence-corrected chi connectivity index (χ4v) is 3.63. The Labute approximate surface area is 213 Å². The van der Waals surface area contributed by atoms with Gasteiger partial charge in [-0.25, -0.2) is 9.97 Å². The number of aliphatic hydroxyl groups is 1. The third-order valence-electron chi connectivity index (χ3n) is 5.27. The number of rotatable bonds is 11. The van der Waals surface area contributed by atoms with Gasteiger partial charge in [0.2, 0.25) is 5.91 Å². The van der Waals surface area contributed by atoms with E-state index in [0.29, 0.717) is 52.0 Å². The molecule has 0 saturated carbocycles. The highest BCUT2D eigenvalue weighted by atomic mass is 35.5. The van der Waals surface area contributed by atoms with Crippen LogP contribution in [-0.4, -0.2) is 45.2 Å². The fraction of sp³-hybridized carbons (Fsp3) is 0.231. The maximum atomic E-state index is 11.8. The van der Waals surface area contributed by atoms with Gasteiger partial charge in [-0.15, -0.1) is 0 Å². The average molecular weight is 508 g/mol. The monoisotopic (exact) mass is 507 g/mol. The van der Waals surface area contributed by atoms with E-state index in [1.165, 1.54) is 6.33 Å². The minimum atomic E-state index is -1.02. The number of fused-ring (bicyclic) bond motifs is 1. The topological polar surface area (TPSA) is 118 Å². The lowest BCUT2D eigenvalue weighted by atomic mass is 10.2. The van der Waals surface area contributed by atoms with Crippen LogP contribution in [0.5, 0.6) is 11.5 Å². The number of pyridine rings is 1. The van der Waals surface area contributed by atoms with Gasteiger partial charge in [0, 0.05) is 11.9 Å². The summed E-state index contributed by atoms with van der Waals surface area (Å²) in [5, 5.41) is 16.6. The second kappa shape index (κ2) is 12.1. The number of carbonyl (C=O) groups is 1. The lowest BCUT2D eigenvalue weighted by Gasteiger charge is -2.14. The molecule has 2 aromatic heterocycles. The molecule has 0 aliphatic rings. The molecule has 10 heteroatoms. The molecule has 0 bridgehead atoms. The number of aliphatic hydroxyl groups excluding tert-OH is 1. The van der Waals surface area contributed by atoms with Crippen molar-refractivity contribution in [1.29, 1.82) is 0 Å². The molecule has 1 unspecified atom stereocenters. The predicted molar refractivity (Wildman–Crippen MR) is 138 cm³/mol. The number of aromatic nitrogens is 3. The van der Waals surface area contributed by atoms with Crippen molar-refractivity contribution in [3.8, 4) is 11.5 Å². The van der Waals surface area contributed by atoms with E-state index in [0.717, 1.165) is 5.69 Å². The van der Waals surface area contributed by atoms with Crippen LogP contribution in [0.25, 0.3) is 10.9 Å². The zero-order valence-corrected chi connectivity index (χ0v) is 20.4. The van der Waals surface area contributed by atoms with Gasteiger partial charge in [0.05, 0.1) is 28.2 Å². The number of hydrogen-bond acceptors (Lipinski definition) is 8. The number of anilines is 2. The number of carbonyl (C=O) groups excluding carboxylic acids is 1. The molecule has 3 N–H and O–H groups in total. The summed E-state index contributed by atoms with van der Waals surface area (Å²) in [6.07, 6.45) is 2.51. The van der Waals surface area contributed by atoms with Crippen LogP contribution in [0.15, 0.2) is 67.1 Å². The molecule has 0 spiro atoms. The lowest BCUT2D eigenvalue weighted by molar-refractivity contribution is -0.129. The third kappa shape index (κ3) is 6.38. The maximum Gasteiger partial charge on any atom is 0.248 e. The SMILES string of the molecule is CCC(O)C(=O)NCCOc1cccc2ncnc(Nc3ccc(OCc4ccccn4)c(Cl)c3)c12. The number of ether oxygens (including phenoxy) is 2. The van der Waals surface area contributed by atoms with Crippen LogP contribution in [0.3, 0.4) is 0 Å². The molecule has 0 fully saturated rings. The van der Waals surface area contributed by atoms with Crippen molar-refractivity contribution in [2.75, 3.05) is 18.5 Å². The maximum absolute atomic E-state index is 11.8. The Kier molecular flexibility index (Phi) is 8.48. The Morgan fingerprint density at radius 1 is 1.06 bits per heavy atom. The van der Waals surface area contributed by atoms with Gasteiger partial charge < -0.3 is 25.2 Å². The van der Waals surface area contributed by atoms with Gasteiger partial charge in [-0.3, -0.25) is 9.78 Å². The van der Waals surface area contributed by atoms with Crippen LogP contribution >= 0.6 is 11.6 Å². The van der Waals surface area contributed by atoms with E-state index in [1.54, 1.807) is 31.3 Å². The highest BCUT2D eigenvalue weighted by Crippen LogP contribution is 2.34. The molecule has 1 amide bonds. The van der Waals surface area contributed by atoms with Gasteiger partial charge in [0.1, 0.15) is 43.0 Å². The van der Waals surface area contributed by atoms with Crippen molar-refractivity contribution in [1.82, 2.24) is 20.3 Å². The molecule has 186 valence electrons. The van der Waals surface area contributed by atoms with Crippen LogP contribution in [-0.2, 0) is 11.4 Å². The molecule has 0 radical (unpaired) electrons. The second-order valence-corrected chi connectivity index (χ2v) is 8.22. The Bertz CT molecular complexity index is 1320. The quantitative estimate of drug-likeness (QED) is 0.258. The first-order valence-electron chi connectivity index (χ1n) is 11.5. The minimum absolute atomic E-state index is 0.212. The zero-order chi connectivity index (χ0) is 25.3. The van der Waals surface area contributed by atoms with Gasteiger partial charge >= 0.3 is 0 Å². The minimum Gasteiger partial charge on any atom is -0.491 e.